The molecule has 9 heavy (non-hydrogen) atoms. The van der Waals surface area contributed by atoms with Crippen molar-refractivity contribution < 1.29 is 4.11 Å². The summed E-state index contributed by atoms with van der Waals surface area (Å²) in [6.07, 6.45) is 1.44. The van der Waals surface area contributed by atoms with Crippen LogP contribution in [0.25, 0.3) is 0 Å². The van der Waals surface area contributed by atoms with Crippen molar-refractivity contribution in [1.82, 2.24) is 9.78 Å². The van der Waals surface area contributed by atoms with Crippen molar-refractivity contribution >= 4 is 0 Å². The third-order valence-corrected chi connectivity index (χ3v) is 1.14. The van der Waals surface area contributed by atoms with Crippen molar-refractivity contribution in [2.24, 2.45) is 12.7 Å². The van der Waals surface area contributed by atoms with Crippen LogP contribution in [0.2, 0.25) is 0 Å². The maximum Gasteiger partial charge on any atom is 0.0545 e. The average Bonchev–Trinajstić information content (AvgIpc) is 2.30. The molecular weight excluding hydrogens is 114 g/mol. The fourth-order valence-corrected chi connectivity index (χ4v) is 0.658. The summed E-state index contributed by atoms with van der Waals surface area (Å²) in [4.78, 5) is 0. The first kappa shape index (κ1) is 3.37. The van der Waals surface area contributed by atoms with Gasteiger partial charge in [0.15, 0.2) is 0 Å². The summed E-state index contributed by atoms with van der Waals surface area (Å²) in [7, 11) is 0. The second-order valence-electron chi connectivity index (χ2n) is 1.96. The van der Waals surface area contributed by atoms with Gasteiger partial charge in [-0.15, -0.1) is 0 Å². The Morgan fingerprint density at radius 3 is 3.22 bits per heavy atom. The average molecular weight is 128 g/mol. The van der Waals surface area contributed by atoms with E-state index in [4.69, 9.17) is 9.85 Å². The highest BCUT2D eigenvalue weighted by atomic mass is 15.3. The van der Waals surface area contributed by atoms with E-state index < -0.39 is 6.98 Å². The van der Waals surface area contributed by atoms with Crippen LogP contribution in [0.3, 0.4) is 0 Å². The highest BCUT2D eigenvalue weighted by Crippen LogP contribution is 2.05. The molecule has 2 N–H and O–H groups in total. The van der Waals surface area contributed by atoms with Gasteiger partial charge >= 0.3 is 0 Å². The first-order valence-electron chi connectivity index (χ1n) is 4.23. The van der Waals surface area contributed by atoms with Crippen LogP contribution in [0, 0.1) is 0 Å². The Labute approximate surface area is 58.7 Å². The van der Waals surface area contributed by atoms with Crippen molar-refractivity contribution in [1.29, 1.82) is 0 Å². The van der Waals surface area contributed by atoms with Crippen molar-refractivity contribution in [3.63, 3.8) is 0 Å². The van der Waals surface area contributed by atoms with Gasteiger partial charge in [-0.1, -0.05) is 0 Å². The van der Waals surface area contributed by atoms with Gasteiger partial charge in [0.25, 0.3) is 0 Å². The Bertz CT molecular complexity index is 263. The van der Waals surface area contributed by atoms with Crippen LogP contribution in [-0.4, -0.2) is 9.78 Å². The second-order valence-corrected chi connectivity index (χ2v) is 1.96. The summed E-state index contributed by atoms with van der Waals surface area (Å²) in [5.41, 5.74) is 6.07. The van der Waals surface area contributed by atoms with Gasteiger partial charge < -0.3 is 5.73 Å². The minimum absolute atomic E-state index is 0.312. The smallest absolute Gasteiger partial charge is 0.0545 e. The van der Waals surface area contributed by atoms with Gasteiger partial charge in [0, 0.05) is 23.3 Å². The highest BCUT2D eigenvalue weighted by molar-refractivity contribution is 5.03. The van der Waals surface area contributed by atoms with Crippen LogP contribution < -0.4 is 5.73 Å². The van der Waals surface area contributed by atoms with Gasteiger partial charge in [0.05, 0.1) is 5.69 Å². The van der Waals surface area contributed by atoms with Gasteiger partial charge in [0.2, 0.25) is 0 Å². The molecule has 0 fully saturated rings. The van der Waals surface area contributed by atoms with Gasteiger partial charge in [0.1, 0.15) is 0 Å². The van der Waals surface area contributed by atoms with E-state index >= 15 is 0 Å². The Morgan fingerprint density at radius 2 is 2.78 bits per heavy atom. The quantitative estimate of drug-likeness (QED) is 0.596. The Balaban J connectivity index is 3.08. The summed E-state index contributed by atoms with van der Waals surface area (Å²) < 4.78 is 22.3. The second kappa shape index (κ2) is 2.19. The molecule has 1 atom stereocenters. The molecule has 0 aliphatic heterocycles. The van der Waals surface area contributed by atoms with E-state index in [1.807, 2.05) is 0 Å². The maximum absolute atomic E-state index is 7.10. The lowest BCUT2D eigenvalue weighted by atomic mass is 10.2. The molecule has 50 valence electrons. The van der Waals surface area contributed by atoms with Crippen molar-refractivity contribution in [3.8, 4) is 0 Å². The van der Waals surface area contributed by atoms with E-state index in [0.29, 0.717) is 5.69 Å². The van der Waals surface area contributed by atoms with Gasteiger partial charge in [-0.25, -0.2) is 0 Å². The van der Waals surface area contributed by atoms with E-state index in [1.54, 1.807) is 13.0 Å². The zero-order valence-electron chi connectivity index (χ0n) is 8.20. The zero-order valence-corrected chi connectivity index (χ0v) is 5.20. The largest absolute Gasteiger partial charge is 0.323 e. The van der Waals surface area contributed by atoms with Gasteiger partial charge in [-0.05, 0) is 13.0 Å². The van der Waals surface area contributed by atoms with Crippen LogP contribution in [0.1, 0.15) is 22.8 Å². The molecule has 0 radical (unpaired) electrons. The van der Waals surface area contributed by atoms with Crippen LogP contribution in [-0.2, 0) is 6.98 Å². The molecule has 1 unspecified atom stereocenters. The number of nitrogens with zero attached hydrogens (tertiary/aromatic N) is 2. The first-order chi connectivity index (χ1) is 5.43. The molecule has 0 saturated carbocycles. The van der Waals surface area contributed by atoms with Gasteiger partial charge in [-0.3, -0.25) is 4.68 Å². The Hall–Kier alpha value is -0.830. The molecule has 1 aromatic rings. The highest BCUT2D eigenvalue weighted by Gasteiger charge is 2.01. The minimum Gasteiger partial charge on any atom is -0.323 e. The third kappa shape index (κ3) is 1.10. The van der Waals surface area contributed by atoms with Crippen molar-refractivity contribution in [2.75, 3.05) is 0 Å². The molecule has 3 nitrogen and oxygen atoms in total. The topological polar surface area (TPSA) is 43.8 Å². The van der Waals surface area contributed by atoms with Crippen LogP contribution in [0.5, 0.6) is 0 Å². The lowest BCUT2D eigenvalue weighted by Crippen LogP contribution is -2.10. The summed E-state index contributed by atoms with van der Waals surface area (Å²) in [6, 6.07) is 1.30. The van der Waals surface area contributed by atoms with E-state index in [2.05, 4.69) is 5.10 Å². The summed E-state index contributed by atoms with van der Waals surface area (Å²) >= 11 is 0. The predicted octanol–water partition coefficient (Wildman–Crippen LogP) is 0.440. The van der Waals surface area contributed by atoms with Crippen molar-refractivity contribution in [2.45, 2.75) is 13.0 Å². The first-order valence-corrected chi connectivity index (χ1v) is 2.73. The van der Waals surface area contributed by atoms with Crippen molar-refractivity contribution in [3.05, 3.63) is 18.0 Å². The molecule has 0 spiro atoms. The molecule has 0 bridgehead atoms. The third-order valence-electron chi connectivity index (χ3n) is 1.14. The fourth-order valence-electron chi connectivity index (χ4n) is 0.658. The van der Waals surface area contributed by atoms with Crippen LogP contribution >= 0.6 is 0 Å². The number of aryl methyl sites for hydroxylation is 1. The molecular formula is C6H11N3. The lowest BCUT2D eigenvalue weighted by Gasteiger charge is -2.03. The maximum atomic E-state index is 7.10. The SMILES string of the molecule is [2H]C([2H])([2H])n1nccc1C(C)N. The number of nitrogens with two attached hydrogens (primary N) is 1. The number of rotatable bonds is 1. The predicted molar refractivity (Wildman–Crippen MR) is 35.8 cm³/mol. The molecule has 1 rings (SSSR count). The molecule has 0 saturated heterocycles. The summed E-state index contributed by atoms with van der Waals surface area (Å²) in [6.45, 7) is -0.508. The number of hydrogen-bond acceptors (Lipinski definition) is 2. The lowest BCUT2D eigenvalue weighted by molar-refractivity contribution is 0.654. The number of aromatic nitrogens is 2. The normalized spacial score (nSPS) is 20.0. The molecule has 1 aromatic heterocycles. The molecule has 0 aromatic carbocycles. The van der Waals surface area contributed by atoms with E-state index in [1.165, 1.54) is 6.20 Å². The van der Waals surface area contributed by atoms with E-state index in [0.717, 1.165) is 4.68 Å². The number of hydrogen-bond donors (Lipinski definition) is 1. The van der Waals surface area contributed by atoms with Crippen LogP contribution in [0.15, 0.2) is 12.3 Å². The molecule has 0 amide bonds. The van der Waals surface area contributed by atoms with E-state index in [-0.39, 0.29) is 6.04 Å². The summed E-state index contributed by atoms with van der Waals surface area (Å²) in [5, 5.41) is 3.68. The monoisotopic (exact) mass is 128 g/mol. The fraction of sp³-hybridized carbons (Fsp3) is 0.500. The van der Waals surface area contributed by atoms with Gasteiger partial charge in [-0.2, -0.15) is 5.10 Å². The Morgan fingerprint density at radius 1 is 2.00 bits per heavy atom. The molecule has 0 aliphatic rings. The minimum atomic E-state index is -2.23. The standard InChI is InChI=1S/C6H11N3/c1-5(7)6-3-4-8-9(6)2/h3-5H,7H2,1-2H3/i2D3. The Kier molecular flexibility index (Phi) is 0.818. The van der Waals surface area contributed by atoms with E-state index in [9.17, 15) is 0 Å². The zero-order chi connectivity index (χ0) is 9.35. The molecule has 0 aliphatic carbocycles. The molecule has 3 heteroatoms. The summed E-state index contributed by atoms with van der Waals surface area (Å²) in [5.74, 6) is 0. The van der Waals surface area contributed by atoms with Crippen LogP contribution in [0.4, 0.5) is 0 Å². The molecule has 1 heterocycles.